The largest absolute Gasteiger partial charge is 0.340 e. The van der Waals surface area contributed by atoms with Crippen LogP contribution in [0.15, 0.2) is 48.5 Å². The zero-order chi connectivity index (χ0) is 15.8. The molecule has 2 aromatic carbocycles. The van der Waals surface area contributed by atoms with E-state index in [0.29, 0.717) is 0 Å². The third kappa shape index (κ3) is 2.68. The number of aromatic nitrogens is 1. The van der Waals surface area contributed by atoms with Crippen molar-refractivity contribution in [3.63, 3.8) is 0 Å². The van der Waals surface area contributed by atoms with Crippen LogP contribution in [0.4, 0.5) is 0 Å². The molecule has 0 N–H and O–H groups in total. The van der Waals surface area contributed by atoms with Crippen molar-refractivity contribution in [2.75, 3.05) is 13.6 Å². The summed E-state index contributed by atoms with van der Waals surface area (Å²) in [6.45, 7) is 5.42. The predicted octanol–water partition coefficient (Wildman–Crippen LogP) is 4.38. The Balaban J connectivity index is 1.90. The zero-order valence-electron chi connectivity index (χ0n) is 14.0. The lowest BCUT2D eigenvalue weighted by atomic mass is 10.1. The Morgan fingerprint density at radius 1 is 1.04 bits per heavy atom. The van der Waals surface area contributed by atoms with Crippen LogP contribution in [0.1, 0.15) is 28.8 Å². The molecule has 0 saturated carbocycles. The molecule has 2 heteroatoms. The van der Waals surface area contributed by atoms with E-state index in [4.69, 9.17) is 0 Å². The summed E-state index contributed by atoms with van der Waals surface area (Å²) in [5.74, 6) is 0. The SMILES string of the molecule is Cc1ccc2c(c1)c1c(n2Cc2ccccc2)CCCN(C)C1. The smallest absolute Gasteiger partial charge is 0.0489 e. The minimum absolute atomic E-state index is 0.972. The molecule has 0 amide bonds. The molecule has 23 heavy (non-hydrogen) atoms. The highest BCUT2D eigenvalue weighted by Gasteiger charge is 2.20. The molecule has 0 radical (unpaired) electrons. The molecule has 2 nitrogen and oxygen atoms in total. The average molecular weight is 304 g/mol. The van der Waals surface area contributed by atoms with Gasteiger partial charge in [-0.1, -0.05) is 42.0 Å². The summed E-state index contributed by atoms with van der Waals surface area (Å²) < 4.78 is 2.55. The van der Waals surface area contributed by atoms with Gasteiger partial charge in [0, 0.05) is 29.7 Å². The molecule has 0 unspecified atom stereocenters. The van der Waals surface area contributed by atoms with Crippen LogP contribution in [0, 0.1) is 6.92 Å². The molecule has 0 bridgehead atoms. The van der Waals surface area contributed by atoms with Gasteiger partial charge in [0.15, 0.2) is 0 Å². The van der Waals surface area contributed by atoms with Gasteiger partial charge in [-0.25, -0.2) is 0 Å². The normalized spacial score (nSPS) is 15.6. The first kappa shape index (κ1) is 14.5. The van der Waals surface area contributed by atoms with Crippen molar-refractivity contribution in [2.24, 2.45) is 0 Å². The van der Waals surface area contributed by atoms with E-state index in [0.717, 1.165) is 13.1 Å². The van der Waals surface area contributed by atoms with Crippen LogP contribution >= 0.6 is 0 Å². The maximum atomic E-state index is 2.55. The second-order valence-electron chi connectivity index (χ2n) is 6.86. The second-order valence-corrected chi connectivity index (χ2v) is 6.86. The van der Waals surface area contributed by atoms with Crippen molar-refractivity contribution in [1.29, 1.82) is 0 Å². The molecule has 0 spiro atoms. The lowest BCUT2D eigenvalue weighted by Crippen LogP contribution is -2.17. The molecule has 1 aliphatic heterocycles. The monoisotopic (exact) mass is 304 g/mol. The van der Waals surface area contributed by atoms with Gasteiger partial charge in [-0.2, -0.15) is 0 Å². The molecular weight excluding hydrogens is 280 g/mol. The number of hydrogen-bond acceptors (Lipinski definition) is 1. The number of fused-ring (bicyclic) bond motifs is 3. The molecule has 0 saturated heterocycles. The molecule has 0 fully saturated rings. The quantitative estimate of drug-likeness (QED) is 0.682. The van der Waals surface area contributed by atoms with E-state index in [1.165, 1.54) is 41.4 Å². The van der Waals surface area contributed by atoms with E-state index in [9.17, 15) is 0 Å². The van der Waals surface area contributed by atoms with E-state index in [2.05, 4.69) is 72.0 Å². The summed E-state index contributed by atoms with van der Waals surface area (Å²) >= 11 is 0. The van der Waals surface area contributed by atoms with Gasteiger partial charge in [0.25, 0.3) is 0 Å². The highest BCUT2D eigenvalue weighted by atomic mass is 15.1. The van der Waals surface area contributed by atoms with Crippen LogP contribution < -0.4 is 0 Å². The summed E-state index contributed by atoms with van der Waals surface area (Å²) in [6.07, 6.45) is 2.42. The summed E-state index contributed by atoms with van der Waals surface area (Å²) in [5.41, 5.74) is 7.20. The van der Waals surface area contributed by atoms with E-state index in [1.54, 1.807) is 11.3 Å². The lowest BCUT2D eigenvalue weighted by molar-refractivity contribution is 0.333. The van der Waals surface area contributed by atoms with Crippen molar-refractivity contribution in [3.8, 4) is 0 Å². The van der Waals surface area contributed by atoms with Crippen LogP contribution in [-0.2, 0) is 19.5 Å². The topological polar surface area (TPSA) is 8.17 Å². The van der Waals surface area contributed by atoms with Gasteiger partial charge in [-0.05, 0) is 56.6 Å². The highest BCUT2D eigenvalue weighted by Crippen LogP contribution is 2.31. The lowest BCUT2D eigenvalue weighted by Gasteiger charge is -2.12. The van der Waals surface area contributed by atoms with Gasteiger partial charge < -0.3 is 9.47 Å². The van der Waals surface area contributed by atoms with Crippen LogP contribution in [0.25, 0.3) is 10.9 Å². The second kappa shape index (κ2) is 5.86. The minimum atomic E-state index is 0.972. The van der Waals surface area contributed by atoms with E-state index < -0.39 is 0 Å². The number of nitrogens with zero attached hydrogens (tertiary/aromatic N) is 2. The summed E-state index contributed by atoms with van der Waals surface area (Å²) in [7, 11) is 2.24. The van der Waals surface area contributed by atoms with Crippen LogP contribution in [0.2, 0.25) is 0 Å². The Morgan fingerprint density at radius 2 is 1.87 bits per heavy atom. The Bertz CT molecular complexity index is 830. The van der Waals surface area contributed by atoms with Gasteiger partial charge in [-0.15, -0.1) is 0 Å². The molecule has 1 aromatic heterocycles. The summed E-state index contributed by atoms with van der Waals surface area (Å²) in [6, 6.07) is 17.7. The molecule has 0 aliphatic carbocycles. The van der Waals surface area contributed by atoms with Crippen molar-refractivity contribution in [1.82, 2.24) is 9.47 Å². The number of hydrogen-bond donors (Lipinski definition) is 0. The third-order valence-corrected chi connectivity index (χ3v) is 5.01. The highest BCUT2D eigenvalue weighted by molar-refractivity contribution is 5.86. The fourth-order valence-electron chi connectivity index (χ4n) is 3.86. The Hall–Kier alpha value is -2.06. The molecule has 1 aliphatic rings. The zero-order valence-corrected chi connectivity index (χ0v) is 14.0. The van der Waals surface area contributed by atoms with Crippen LogP contribution in [0.5, 0.6) is 0 Å². The van der Waals surface area contributed by atoms with Gasteiger partial charge in [0.1, 0.15) is 0 Å². The number of rotatable bonds is 2. The molecule has 3 aromatic rings. The first-order valence-electron chi connectivity index (χ1n) is 8.55. The number of aryl methyl sites for hydroxylation is 1. The minimum Gasteiger partial charge on any atom is -0.340 e. The van der Waals surface area contributed by atoms with Crippen molar-refractivity contribution < 1.29 is 0 Å². The van der Waals surface area contributed by atoms with E-state index in [-0.39, 0.29) is 0 Å². The first-order valence-corrected chi connectivity index (χ1v) is 8.55. The number of benzene rings is 2. The standard InChI is InChI=1S/C21H24N2/c1-16-10-11-21-18(13-16)19-15-22(2)12-6-9-20(19)23(21)14-17-7-4-3-5-8-17/h3-5,7-8,10-11,13H,6,9,12,14-15H2,1-2H3. The fraction of sp³-hybridized carbons (Fsp3) is 0.333. The van der Waals surface area contributed by atoms with Gasteiger partial charge in [0.2, 0.25) is 0 Å². The third-order valence-electron chi connectivity index (χ3n) is 5.01. The van der Waals surface area contributed by atoms with Crippen LogP contribution in [0.3, 0.4) is 0 Å². The van der Waals surface area contributed by atoms with Gasteiger partial charge >= 0.3 is 0 Å². The van der Waals surface area contributed by atoms with Crippen molar-refractivity contribution >= 4 is 10.9 Å². The molecular formula is C21H24N2. The first-order chi connectivity index (χ1) is 11.2. The Labute approximate surface area is 138 Å². The average Bonchev–Trinajstić information content (AvgIpc) is 2.70. The predicted molar refractivity (Wildman–Crippen MR) is 96.9 cm³/mol. The van der Waals surface area contributed by atoms with Crippen LogP contribution in [-0.4, -0.2) is 23.1 Å². The maximum Gasteiger partial charge on any atom is 0.0489 e. The molecule has 0 atom stereocenters. The molecule has 118 valence electrons. The van der Waals surface area contributed by atoms with Gasteiger partial charge in [0.05, 0.1) is 0 Å². The maximum absolute atomic E-state index is 2.55. The molecule has 2 heterocycles. The summed E-state index contributed by atoms with van der Waals surface area (Å²) in [4.78, 5) is 2.46. The van der Waals surface area contributed by atoms with Crippen molar-refractivity contribution in [2.45, 2.75) is 32.9 Å². The van der Waals surface area contributed by atoms with E-state index >= 15 is 0 Å². The Morgan fingerprint density at radius 3 is 2.70 bits per heavy atom. The summed E-state index contributed by atoms with van der Waals surface area (Å²) in [5, 5.41) is 1.45. The van der Waals surface area contributed by atoms with Gasteiger partial charge in [-0.3, -0.25) is 0 Å². The molecule has 4 rings (SSSR count). The fourth-order valence-corrected chi connectivity index (χ4v) is 3.86. The van der Waals surface area contributed by atoms with Crippen molar-refractivity contribution in [3.05, 3.63) is 70.9 Å². The van der Waals surface area contributed by atoms with E-state index in [1.807, 2.05) is 0 Å². The Kier molecular flexibility index (Phi) is 3.70.